The highest BCUT2D eigenvalue weighted by atomic mass is 16.7. The first kappa shape index (κ1) is 28.2. The van der Waals surface area contributed by atoms with Gasteiger partial charge in [-0.15, -0.1) is 0 Å². The van der Waals surface area contributed by atoms with Gasteiger partial charge in [0.05, 0.1) is 6.61 Å². The molecule has 0 spiro atoms. The van der Waals surface area contributed by atoms with Gasteiger partial charge in [0.2, 0.25) is 5.88 Å². The van der Waals surface area contributed by atoms with Crippen molar-refractivity contribution in [1.29, 1.82) is 0 Å². The minimum Gasteiger partial charge on any atom is -0.490 e. The van der Waals surface area contributed by atoms with Crippen molar-refractivity contribution in [3.63, 3.8) is 0 Å². The van der Waals surface area contributed by atoms with Crippen LogP contribution >= 0.6 is 0 Å². The van der Waals surface area contributed by atoms with Crippen LogP contribution in [0.25, 0.3) is 0 Å². The zero-order chi connectivity index (χ0) is 27.0. The fourth-order valence-corrected chi connectivity index (χ4v) is 3.34. The summed E-state index contributed by atoms with van der Waals surface area (Å²) in [4.78, 5) is 17.9. The van der Waals surface area contributed by atoms with Gasteiger partial charge in [0.1, 0.15) is 30.0 Å². The highest BCUT2D eigenvalue weighted by Gasteiger charge is 2.16. The summed E-state index contributed by atoms with van der Waals surface area (Å²) in [7, 11) is 1.49. The predicted molar refractivity (Wildman–Crippen MR) is 143 cm³/mol. The molecular weight excluding hydrogens is 490 g/mol. The maximum atomic E-state index is 10.1. The molecule has 0 radical (unpaired) electrons. The second kappa shape index (κ2) is 15.7. The molecule has 202 valence electrons. The summed E-state index contributed by atoms with van der Waals surface area (Å²) in [6, 6.07) is 22.8. The molecule has 38 heavy (non-hydrogen) atoms. The zero-order valence-electron chi connectivity index (χ0n) is 21.5. The Labute approximate surface area is 221 Å². The van der Waals surface area contributed by atoms with Gasteiger partial charge in [-0.05, 0) is 55.8 Å². The SMILES string of the molecule is CC(COc1ccc(Oc2ccccc2)cc1)Oc1ccccn1.CN=C(NCC1CCOC1)N[N+](=O)[O-]. The predicted octanol–water partition coefficient (Wildman–Crippen LogP) is 4.10. The summed E-state index contributed by atoms with van der Waals surface area (Å²) >= 11 is 0. The zero-order valence-corrected chi connectivity index (χ0v) is 21.5. The fraction of sp³-hybridized carbons (Fsp3) is 0.333. The molecule has 0 saturated carbocycles. The Balaban J connectivity index is 0.000000244. The van der Waals surface area contributed by atoms with Crippen LogP contribution in [0.2, 0.25) is 0 Å². The van der Waals surface area contributed by atoms with Crippen molar-refractivity contribution in [2.45, 2.75) is 19.4 Å². The van der Waals surface area contributed by atoms with Crippen LogP contribution < -0.4 is 25.0 Å². The molecule has 0 amide bonds. The Morgan fingerprint density at radius 2 is 1.82 bits per heavy atom. The first-order chi connectivity index (χ1) is 18.5. The Morgan fingerprint density at radius 1 is 1.11 bits per heavy atom. The number of para-hydroxylation sites is 1. The lowest BCUT2D eigenvalue weighted by molar-refractivity contribution is -0.525. The largest absolute Gasteiger partial charge is 0.490 e. The molecule has 2 atom stereocenters. The lowest BCUT2D eigenvalue weighted by Gasteiger charge is -2.15. The highest BCUT2D eigenvalue weighted by molar-refractivity contribution is 5.78. The summed E-state index contributed by atoms with van der Waals surface area (Å²) in [5, 5.41) is 12.3. The average Bonchev–Trinajstić information content (AvgIpc) is 3.46. The topological polar surface area (TPSA) is 129 Å². The number of hydrogen-bond donors (Lipinski definition) is 2. The van der Waals surface area contributed by atoms with E-state index in [1.54, 1.807) is 6.20 Å². The van der Waals surface area contributed by atoms with E-state index < -0.39 is 5.03 Å². The molecule has 1 aromatic heterocycles. The molecule has 1 aliphatic heterocycles. The lowest BCUT2D eigenvalue weighted by atomic mass is 10.1. The van der Waals surface area contributed by atoms with E-state index in [-0.39, 0.29) is 12.1 Å². The summed E-state index contributed by atoms with van der Waals surface area (Å²) in [5.74, 6) is 3.55. The molecule has 2 unspecified atom stereocenters. The van der Waals surface area contributed by atoms with Crippen molar-refractivity contribution in [2.24, 2.45) is 10.9 Å². The Kier molecular flexibility index (Phi) is 11.6. The highest BCUT2D eigenvalue weighted by Crippen LogP contribution is 2.23. The average molecular weight is 524 g/mol. The smallest absolute Gasteiger partial charge is 0.253 e. The van der Waals surface area contributed by atoms with Gasteiger partial charge in [-0.2, -0.15) is 0 Å². The summed E-state index contributed by atoms with van der Waals surface area (Å²) in [5.41, 5.74) is 1.97. The van der Waals surface area contributed by atoms with Gasteiger partial charge in [0.15, 0.2) is 5.03 Å². The number of guanidine groups is 1. The van der Waals surface area contributed by atoms with Crippen LogP contribution in [0.1, 0.15) is 13.3 Å². The molecule has 2 aromatic carbocycles. The number of ether oxygens (including phenoxy) is 4. The lowest BCUT2D eigenvalue weighted by Crippen LogP contribution is -2.42. The van der Waals surface area contributed by atoms with Gasteiger partial charge in [0.25, 0.3) is 5.96 Å². The fourth-order valence-electron chi connectivity index (χ4n) is 3.34. The van der Waals surface area contributed by atoms with E-state index in [4.69, 9.17) is 18.9 Å². The van der Waals surface area contributed by atoms with Gasteiger partial charge >= 0.3 is 0 Å². The molecule has 4 rings (SSSR count). The van der Waals surface area contributed by atoms with Crippen LogP contribution in [0.15, 0.2) is 84.0 Å². The maximum Gasteiger partial charge on any atom is 0.253 e. The molecule has 1 aliphatic rings. The molecule has 11 heteroatoms. The quantitative estimate of drug-likeness (QED) is 0.175. The van der Waals surface area contributed by atoms with Crippen molar-refractivity contribution >= 4 is 5.96 Å². The standard InChI is InChI=1S/C20H19NO3.C7H14N4O3/c1-16(23-20-9-5-6-14-21-20)15-22-17-10-12-19(13-11-17)24-18-7-3-2-4-8-18;1-8-7(10-11(12)13)9-4-6-2-3-14-5-6/h2-14,16H,15H2,1H3;6H,2-5H2,1H3,(H2,8,9,10). The molecule has 0 bridgehead atoms. The van der Waals surface area contributed by atoms with Gasteiger partial charge in [-0.3, -0.25) is 4.99 Å². The molecule has 1 saturated heterocycles. The first-order valence-electron chi connectivity index (χ1n) is 12.2. The van der Waals surface area contributed by atoms with E-state index in [1.807, 2.05) is 85.1 Å². The van der Waals surface area contributed by atoms with Crippen molar-refractivity contribution in [3.8, 4) is 23.1 Å². The van der Waals surface area contributed by atoms with Crippen LogP contribution in [0.4, 0.5) is 0 Å². The number of hydrazine groups is 1. The second-order valence-electron chi connectivity index (χ2n) is 8.35. The monoisotopic (exact) mass is 523 g/mol. The van der Waals surface area contributed by atoms with E-state index in [0.717, 1.165) is 30.3 Å². The summed E-state index contributed by atoms with van der Waals surface area (Å²) in [6.07, 6.45) is 2.59. The van der Waals surface area contributed by atoms with E-state index in [2.05, 4.69) is 15.3 Å². The van der Waals surface area contributed by atoms with E-state index in [1.165, 1.54) is 7.05 Å². The van der Waals surface area contributed by atoms with Crippen molar-refractivity contribution < 1.29 is 24.0 Å². The number of aliphatic imine (C=N–C) groups is 1. The number of aromatic nitrogens is 1. The number of hydrogen-bond acceptors (Lipinski definition) is 8. The normalized spacial score (nSPS) is 15.4. The minimum atomic E-state index is -0.638. The van der Waals surface area contributed by atoms with Crippen molar-refractivity contribution in [3.05, 3.63) is 89.1 Å². The number of rotatable bonds is 10. The second-order valence-corrected chi connectivity index (χ2v) is 8.35. The van der Waals surface area contributed by atoms with Crippen LogP contribution in [-0.2, 0) is 4.74 Å². The van der Waals surface area contributed by atoms with Gasteiger partial charge in [-0.1, -0.05) is 29.7 Å². The number of nitrogens with zero attached hydrogens (tertiary/aromatic N) is 3. The number of nitrogens with one attached hydrogen (secondary N) is 2. The van der Waals surface area contributed by atoms with Gasteiger partial charge < -0.3 is 24.3 Å². The molecule has 2 heterocycles. The maximum absolute atomic E-state index is 10.1. The molecule has 0 aliphatic carbocycles. The van der Waals surface area contributed by atoms with Crippen molar-refractivity contribution in [1.82, 2.24) is 15.7 Å². The van der Waals surface area contributed by atoms with Gasteiger partial charge in [-0.25, -0.2) is 15.1 Å². The van der Waals surface area contributed by atoms with Crippen LogP contribution in [0.5, 0.6) is 23.1 Å². The van der Waals surface area contributed by atoms with Crippen LogP contribution in [-0.4, -0.2) is 55.5 Å². The molecule has 2 N–H and O–H groups in total. The van der Waals surface area contributed by atoms with Crippen LogP contribution in [0, 0.1) is 16.0 Å². The molecule has 11 nitrogen and oxygen atoms in total. The number of benzene rings is 2. The molecule has 1 fully saturated rings. The van der Waals surface area contributed by atoms with E-state index >= 15 is 0 Å². The Hall–Kier alpha value is -4.38. The van der Waals surface area contributed by atoms with Gasteiger partial charge in [0, 0.05) is 38.4 Å². The molecule has 3 aromatic rings. The summed E-state index contributed by atoms with van der Waals surface area (Å²) in [6.45, 7) is 4.51. The third kappa shape index (κ3) is 10.7. The Bertz CT molecular complexity index is 1110. The Morgan fingerprint density at radius 3 is 2.45 bits per heavy atom. The number of nitro groups is 1. The number of pyridine rings is 1. The van der Waals surface area contributed by atoms with Crippen molar-refractivity contribution in [2.75, 3.05) is 33.4 Å². The third-order valence-electron chi connectivity index (χ3n) is 5.25. The summed E-state index contributed by atoms with van der Waals surface area (Å²) < 4.78 is 22.3. The third-order valence-corrected chi connectivity index (χ3v) is 5.25. The minimum absolute atomic E-state index is 0.0971. The first-order valence-corrected chi connectivity index (χ1v) is 12.2. The van der Waals surface area contributed by atoms with E-state index in [9.17, 15) is 10.1 Å². The molecular formula is C27H33N5O6. The van der Waals surface area contributed by atoms with Crippen LogP contribution in [0.3, 0.4) is 0 Å². The van der Waals surface area contributed by atoms with E-state index in [0.29, 0.717) is 31.6 Å².